The highest BCUT2D eigenvalue weighted by molar-refractivity contribution is 6.30. The molecule has 2 amide bonds. The van der Waals surface area contributed by atoms with Crippen molar-refractivity contribution in [3.05, 3.63) is 34.9 Å². The van der Waals surface area contributed by atoms with E-state index in [4.69, 9.17) is 11.6 Å². The maximum absolute atomic E-state index is 12.3. The molecule has 0 aromatic heterocycles. The van der Waals surface area contributed by atoms with Gasteiger partial charge in [-0.25, -0.2) is 4.79 Å². The zero-order valence-corrected chi connectivity index (χ0v) is 16.1. The van der Waals surface area contributed by atoms with E-state index in [-0.39, 0.29) is 12.1 Å². The first-order valence-electron chi connectivity index (χ1n) is 9.79. The Bertz CT molecular complexity index is 581. The van der Waals surface area contributed by atoms with Crippen molar-refractivity contribution in [2.24, 2.45) is 0 Å². The minimum absolute atomic E-state index is 0.151. The van der Waals surface area contributed by atoms with Gasteiger partial charge in [-0.3, -0.25) is 4.90 Å². The van der Waals surface area contributed by atoms with Gasteiger partial charge in [-0.1, -0.05) is 43.0 Å². The Morgan fingerprint density at radius 1 is 1.08 bits per heavy atom. The molecule has 2 aliphatic rings. The number of rotatable bonds is 6. The molecule has 1 heterocycles. The number of carbonyl (C=O) groups excluding carboxylic acids is 1. The lowest BCUT2D eigenvalue weighted by atomic mass is 9.85. The van der Waals surface area contributed by atoms with Crippen LogP contribution < -0.4 is 10.6 Å². The van der Waals surface area contributed by atoms with Crippen molar-refractivity contribution in [3.8, 4) is 0 Å². The van der Waals surface area contributed by atoms with E-state index in [1.54, 1.807) is 0 Å². The van der Waals surface area contributed by atoms with Gasteiger partial charge in [0, 0.05) is 18.1 Å². The SMILES string of the molecule is O=C(NC[C@H](c1ccc(Cl)cc1)N1CCCC1)NCC1(O)CCCCC1. The first-order chi connectivity index (χ1) is 12.6. The van der Waals surface area contributed by atoms with Crippen LogP contribution in [0.3, 0.4) is 0 Å². The smallest absolute Gasteiger partial charge is 0.314 e. The Hall–Kier alpha value is -1.30. The molecule has 1 atom stereocenters. The summed E-state index contributed by atoms with van der Waals surface area (Å²) in [5, 5.41) is 17.1. The molecule has 1 aromatic rings. The molecule has 0 unspecified atom stereocenters. The second-order valence-corrected chi connectivity index (χ2v) is 8.10. The predicted molar refractivity (Wildman–Crippen MR) is 104 cm³/mol. The molecule has 6 heteroatoms. The first kappa shape index (κ1) is 19.5. The maximum atomic E-state index is 12.3. The molecule has 2 fully saturated rings. The Morgan fingerprint density at radius 3 is 2.38 bits per heavy atom. The number of hydrogen-bond acceptors (Lipinski definition) is 3. The third-order valence-corrected chi connectivity index (χ3v) is 5.91. The summed E-state index contributed by atoms with van der Waals surface area (Å²) < 4.78 is 0. The van der Waals surface area contributed by atoms with E-state index in [0.29, 0.717) is 13.1 Å². The van der Waals surface area contributed by atoms with Crippen molar-refractivity contribution in [3.63, 3.8) is 0 Å². The van der Waals surface area contributed by atoms with Crippen molar-refractivity contribution in [2.75, 3.05) is 26.2 Å². The van der Waals surface area contributed by atoms with Crippen LogP contribution in [-0.4, -0.2) is 47.8 Å². The third kappa shape index (κ3) is 5.35. The Morgan fingerprint density at radius 2 is 1.73 bits per heavy atom. The average Bonchev–Trinajstić information content (AvgIpc) is 3.17. The molecule has 144 valence electrons. The number of nitrogens with one attached hydrogen (secondary N) is 2. The van der Waals surface area contributed by atoms with Crippen molar-refractivity contribution < 1.29 is 9.90 Å². The van der Waals surface area contributed by atoms with Crippen LogP contribution in [-0.2, 0) is 0 Å². The number of aliphatic hydroxyl groups is 1. The minimum Gasteiger partial charge on any atom is -0.388 e. The number of likely N-dealkylation sites (tertiary alicyclic amines) is 1. The summed E-state index contributed by atoms with van der Waals surface area (Å²) in [5.41, 5.74) is 0.433. The van der Waals surface area contributed by atoms with Gasteiger partial charge in [0.15, 0.2) is 0 Å². The molecular weight excluding hydrogens is 350 g/mol. The zero-order valence-electron chi connectivity index (χ0n) is 15.3. The second kappa shape index (κ2) is 9.07. The van der Waals surface area contributed by atoms with Crippen LogP contribution in [0.2, 0.25) is 5.02 Å². The summed E-state index contributed by atoms with van der Waals surface area (Å²) in [4.78, 5) is 14.7. The standard InChI is InChI=1S/C20H30ClN3O2/c21-17-8-6-16(7-9-17)18(24-12-4-5-13-24)14-22-19(25)23-15-20(26)10-2-1-3-11-20/h6-9,18,26H,1-5,10-15H2,(H2,22,23,25)/t18-/m1/s1. The molecule has 0 bridgehead atoms. The Labute approximate surface area is 161 Å². The van der Waals surface area contributed by atoms with Crippen molar-refractivity contribution >= 4 is 17.6 Å². The molecule has 1 saturated heterocycles. The highest BCUT2D eigenvalue weighted by Gasteiger charge is 2.30. The van der Waals surface area contributed by atoms with Crippen molar-refractivity contribution in [1.29, 1.82) is 0 Å². The molecule has 26 heavy (non-hydrogen) atoms. The molecule has 3 N–H and O–H groups in total. The largest absolute Gasteiger partial charge is 0.388 e. The van der Waals surface area contributed by atoms with Gasteiger partial charge in [-0.15, -0.1) is 0 Å². The summed E-state index contributed by atoms with van der Waals surface area (Å²) in [7, 11) is 0. The highest BCUT2D eigenvalue weighted by Crippen LogP contribution is 2.27. The van der Waals surface area contributed by atoms with E-state index < -0.39 is 5.60 Å². The topological polar surface area (TPSA) is 64.6 Å². The summed E-state index contributed by atoms with van der Waals surface area (Å²) in [6.07, 6.45) is 7.18. The van der Waals surface area contributed by atoms with Crippen molar-refractivity contribution in [2.45, 2.75) is 56.6 Å². The summed E-state index contributed by atoms with van der Waals surface area (Å²) in [5.74, 6) is 0. The highest BCUT2D eigenvalue weighted by atomic mass is 35.5. The number of nitrogens with zero attached hydrogens (tertiary/aromatic N) is 1. The number of benzene rings is 1. The van der Waals surface area contributed by atoms with Crippen LogP contribution in [0.5, 0.6) is 0 Å². The minimum atomic E-state index is -0.736. The Balaban J connectivity index is 1.53. The molecule has 1 aromatic carbocycles. The number of urea groups is 1. The van der Waals surface area contributed by atoms with Gasteiger partial charge in [-0.05, 0) is 56.5 Å². The number of hydrogen-bond donors (Lipinski definition) is 3. The van der Waals surface area contributed by atoms with E-state index in [2.05, 4.69) is 15.5 Å². The van der Waals surface area contributed by atoms with Gasteiger partial charge in [-0.2, -0.15) is 0 Å². The lowest BCUT2D eigenvalue weighted by Crippen LogP contribution is -2.48. The van der Waals surface area contributed by atoms with Crippen molar-refractivity contribution in [1.82, 2.24) is 15.5 Å². The molecule has 1 aliphatic heterocycles. The normalized spacial score (nSPS) is 21.3. The van der Waals surface area contributed by atoms with Crippen LogP contribution >= 0.6 is 11.6 Å². The van der Waals surface area contributed by atoms with E-state index >= 15 is 0 Å². The number of carbonyl (C=O) groups is 1. The van der Waals surface area contributed by atoms with E-state index in [0.717, 1.165) is 43.8 Å². The summed E-state index contributed by atoms with van der Waals surface area (Å²) >= 11 is 6.01. The average molecular weight is 380 g/mol. The zero-order chi connectivity index (χ0) is 18.4. The van der Waals surface area contributed by atoms with E-state index in [9.17, 15) is 9.90 Å². The van der Waals surface area contributed by atoms with Gasteiger partial charge in [0.2, 0.25) is 0 Å². The first-order valence-corrected chi connectivity index (χ1v) is 10.2. The molecule has 1 saturated carbocycles. The molecule has 1 aliphatic carbocycles. The predicted octanol–water partition coefficient (Wildman–Crippen LogP) is 3.47. The number of amides is 2. The van der Waals surface area contributed by atoms with Gasteiger partial charge >= 0.3 is 6.03 Å². The lowest BCUT2D eigenvalue weighted by molar-refractivity contribution is 0.00716. The molecule has 3 rings (SSSR count). The fourth-order valence-corrected chi connectivity index (χ4v) is 4.21. The van der Waals surface area contributed by atoms with Gasteiger partial charge in [0.25, 0.3) is 0 Å². The summed E-state index contributed by atoms with van der Waals surface area (Å²) in [6.45, 7) is 2.98. The second-order valence-electron chi connectivity index (χ2n) is 7.66. The molecule has 0 spiro atoms. The molecular formula is C20H30ClN3O2. The molecule has 0 radical (unpaired) electrons. The summed E-state index contributed by atoms with van der Waals surface area (Å²) in [6, 6.07) is 7.82. The van der Waals surface area contributed by atoms with Crippen LogP contribution in [0, 0.1) is 0 Å². The number of halogens is 1. The quantitative estimate of drug-likeness (QED) is 0.709. The Kier molecular flexibility index (Phi) is 6.79. The lowest BCUT2D eigenvalue weighted by Gasteiger charge is -2.32. The van der Waals surface area contributed by atoms with Crippen LogP contribution in [0.15, 0.2) is 24.3 Å². The maximum Gasteiger partial charge on any atom is 0.314 e. The van der Waals surface area contributed by atoms with Crippen LogP contribution in [0.4, 0.5) is 4.79 Å². The van der Waals surface area contributed by atoms with E-state index in [1.165, 1.54) is 24.8 Å². The fourth-order valence-electron chi connectivity index (χ4n) is 4.08. The van der Waals surface area contributed by atoms with Gasteiger partial charge < -0.3 is 15.7 Å². The van der Waals surface area contributed by atoms with Gasteiger partial charge in [0.1, 0.15) is 0 Å². The monoisotopic (exact) mass is 379 g/mol. The van der Waals surface area contributed by atoms with E-state index in [1.807, 2.05) is 24.3 Å². The van der Waals surface area contributed by atoms with Crippen LogP contribution in [0.25, 0.3) is 0 Å². The fraction of sp³-hybridized carbons (Fsp3) is 0.650. The van der Waals surface area contributed by atoms with Gasteiger partial charge in [0.05, 0.1) is 11.6 Å². The van der Waals surface area contributed by atoms with Crippen LogP contribution in [0.1, 0.15) is 56.6 Å². The third-order valence-electron chi connectivity index (χ3n) is 5.65. The molecule has 5 nitrogen and oxygen atoms in total.